The van der Waals surface area contributed by atoms with Gasteiger partial charge in [0, 0.05) is 18.3 Å². The maximum atomic E-state index is 12.1. The first-order chi connectivity index (χ1) is 10.5. The average molecular weight is 334 g/mol. The van der Waals surface area contributed by atoms with Crippen LogP contribution in [0.15, 0.2) is 24.3 Å². The number of alkyl halides is 3. The van der Waals surface area contributed by atoms with Crippen LogP contribution in [0.3, 0.4) is 0 Å². The largest absolute Gasteiger partial charge is 0.484 e. The molecule has 0 fully saturated rings. The highest BCUT2D eigenvalue weighted by Crippen LogP contribution is 2.21. The van der Waals surface area contributed by atoms with Crippen molar-refractivity contribution in [2.24, 2.45) is 5.92 Å². The number of benzene rings is 1. The standard InChI is InChI=1S/C15H21F3N2O3/c1-10(2)14(3,22)8-19-13(21)20-11-5-4-6-12(7-11)23-9-15(16,17)18/h4-7,10,22H,8-9H2,1-3H3,(H2,19,20,21). The summed E-state index contributed by atoms with van der Waals surface area (Å²) in [6.45, 7) is 3.88. The SMILES string of the molecule is CC(C)C(C)(O)CNC(=O)Nc1cccc(OCC(F)(F)F)c1. The monoisotopic (exact) mass is 334 g/mol. The minimum Gasteiger partial charge on any atom is -0.484 e. The molecule has 0 aromatic heterocycles. The average Bonchev–Trinajstić information content (AvgIpc) is 2.43. The molecule has 0 bridgehead atoms. The lowest BCUT2D eigenvalue weighted by Gasteiger charge is -2.27. The zero-order valence-electron chi connectivity index (χ0n) is 13.2. The summed E-state index contributed by atoms with van der Waals surface area (Å²) in [5.74, 6) is -0.0591. The molecule has 23 heavy (non-hydrogen) atoms. The summed E-state index contributed by atoms with van der Waals surface area (Å²) in [6, 6.07) is 5.05. The lowest BCUT2D eigenvalue weighted by molar-refractivity contribution is -0.153. The van der Waals surface area contributed by atoms with Crippen LogP contribution < -0.4 is 15.4 Å². The molecule has 1 rings (SSSR count). The van der Waals surface area contributed by atoms with Crippen LogP contribution in [0.4, 0.5) is 23.7 Å². The van der Waals surface area contributed by atoms with Crippen molar-refractivity contribution in [2.45, 2.75) is 32.5 Å². The van der Waals surface area contributed by atoms with Crippen LogP contribution in [0.5, 0.6) is 5.75 Å². The van der Waals surface area contributed by atoms with Crippen molar-refractivity contribution >= 4 is 11.7 Å². The van der Waals surface area contributed by atoms with Crippen LogP contribution in [0.1, 0.15) is 20.8 Å². The van der Waals surface area contributed by atoms with Crippen LogP contribution in [0.2, 0.25) is 0 Å². The predicted molar refractivity (Wildman–Crippen MR) is 80.5 cm³/mol. The fourth-order valence-corrected chi connectivity index (χ4v) is 1.47. The van der Waals surface area contributed by atoms with E-state index in [0.29, 0.717) is 0 Å². The highest BCUT2D eigenvalue weighted by Gasteiger charge is 2.28. The summed E-state index contributed by atoms with van der Waals surface area (Å²) in [5, 5.41) is 15.0. The Morgan fingerprint density at radius 1 is 1.35 bits per heavy atom. The maximum absolute atomic E-state index is 12.1. The maximum Gasteiger partial charge on any atom is 0.422 e. The van der Waals surface area contributed by atoms with Crippen LogP contribution in [-0.4, -0.2) is 36.1 Å². The molecule has 0 aliphatic heterocycles. The number of anilines is 1. The minimum absolute atomic E-state index is 0.00528. The molecular weight excluding hydrogens is 313 g/mol. The fraction of sp³-hybridized carbons (Fsp3) is 0.533. The van der Waals surface area contributed by atoms with E-state index in [1.54, 1.807) is 6.92 Å². The smallest absolute Gasteiger partial charge is 0.422 e. The van der Waals surface area contributed by atoms with Gasteiger partial charge in [0.25, 0.3) is 0 Å². The van der Waals surface area contributed by atoms with Gasteiger partial charge in [0.15, 0.2) is 6.61 Å². The van der Waals surface area contributed by atoms with E-state index in [1.807, 2.05) is 13.8 Å². The van der Waals surface area contributed by atoms with Gasteiger partial charge >= 0.3 is 12.2 Å². The highest BCUT2D eigenvalue weighted by molar-refractivity contribution is 5.89. The lowest BCUT2D eigenvalue weighted by atomic mass is 9.93. The van der Waals surface area contributed by atoms with E-state index >= 15 is 0 Å². The Morgan fingerprint density at radius 3 is 2.57 bits per heavy atom. The third-order valence-corrected chi connectivity index (χ3v) is 3.35. The number of nitrogens with one attached hydrogen (secondary N) is 2. The van der Waals surface area contributed by atoms with Crippen molar-refractivity contribution < 1.29 is 27.8 Å². The molecule has 0 saturated heterocycles. The zero-order chi connectivity index (χ0) is 17.7. The van der Waals surface area contributed by atoms with Gasteiger partial charge < -0.3 is 20.5 Å². The molecular formula is C15H21F3N2O3. The Labute approximate surface area is 132 Å². The van der Waals surface area contributed by atoms with Gasteiger partial charge in [0.1, 0.15) is 5.75 Å². The Bertz CT molecular complexity index is 531. The topological polar surface area (TPSA) is 70.6 Å². The normalized spacial score (nSPS) is 14.3. The van der Waals surface area contributed by atoms with E-state index in [-0.39, 0.29) is 23.9 Å². The Balaban J connectivity index is 2.55. The molecule has 0 aliphatic rings. The van der Waals surface area contributed by atoms with Crippen LogP contribution in [0.25, 0.3) is 0 Å². The van der Waals surface area contributed by atoms with E-state index in [1.165, 1.54) is 24.3 Å². The number of hydrogen-bond acceptors (Lipinski definition) is 3. The molecule has 1 aromatic carbocycles. The number of aliphatic hydroxyl groups is 1. The second-order valence-corrected chi connectivity index (χ2v) is 5.75. The van der Waals surface area contributed by atoms with Crippen LogP contribution >= 0.6 is 0 Å². The number of carbonyl (C=O) groups is 1. The number of halogens is 3. The summed E-state index contributed by atoms with van der Waals surface area (Å²) < 4.78 is 40.9. The van der Waals surface area contributed by atoms with E-state index in [9.17, 15) is 23.1 Å². The van der Waals surface area contributed by atoms with E-state index < -0.39 is 24.4 Å². The van der Waals surface area contributed by atoms with Crippen molar-refractivity contribution in [2.75, 3.05) is 18.5 Å². The molecule has 0 radical (unpaired) electrons. The van der Waals surface area contributed by atoms with Gasteiger partial charge in [0.2, 0.25) is 0 Å². The Morgan fingerprint density at radius 2 is 2.00 bits per heavy atom. The molecule has 0 aliphatic carbocycles. The Hall–Kier alpha value is -1.96. The third-order valence-electron chi connectivity index (χ3n) is 3.35. The second-order valence-electron chi connectivity index (χ2n) is 5.75. The van der Waals surface area contributed by atoms with E-state index in [2.05, 4.69) is 15.4 Å². The van der Waals surface area contributed by atoms with Crippen molar-refractivity contribution in [1.29, 1.82) is 0 Å². The molecule has 1 unspecified atom stereocenters. The molecule has 2 amide bonds. The van der Waals surface area contributed by atoms with Gasteiger partial charge in [-0.2, -0.15) is 13.2 Å². The van der Waals surface area contributed by atoms with Crippen LogP contribution in [-0.2, 0) is 0 Å². The molecule has 3 N–H and O–H groups in total. The van der Waals surface area contributed by atoms with E-state index in [0.717, 1.165) is 0 Å². The molecule has 0 spiro atoms. The van der Waals surface area contributed by atoms with Gasteiger partial charge in [-0.3, -0.25) is 0 Å². The first kappa shape index (κ1) is 19.1. The minimum atomic E-state index is -4.43. The first-order valence-corrected chi connectivity index (χ1v) is 7.06. The number of carbonyl (C=O) groups excluding carboxylic acids is 1. The quantitative estimate of drug-likeness (QED) is 0.748. The van der Waals surface area contributed by atoms with Crippen molar-refractivity contribution in [3.63, 3.8) is 0 Å². The Kier molecular flexibility index (Phi) is 6.26. The fourth-order valence-electron chi connectivity index (χ4n) is 1.47. The van der Waals surface area contributed by atoms with Gasteiger partial charge in [-0.15, -0.1) is 0 Å². The molecule has 130 valence electrons. The summed E-state index contributed by atoms with van der Waals surface area (Å²) in [5.41, 5.74) is -0.777. The number of urea groups is 1. The predicted octanol–water partition coefficient (Wildman–Crippen LogP) is 3.16. The molecule has 0 saturated carbocycles. The van der Waals surface area contributed by atoms with Crippen LogP contribution in [0, 0.1) is 5.92 Å². The zero-order valence-corrected chi connectivity index (χ0v) is 13.2. The molecule has 1 aromatic rings. The van der Waals surface area contributed by atoms with Crippen molar-refractivity contribution in [3.05, 3.63) is 24.3 Å². The molecule has 0 heterocycles. The summed E-state index contributed by atoms with van der Waals surface area (Å²) >= 11 is 0. The highest BCUT2D eigenvalue weighted by atomic mass is 19.4. The lowest BCUT2D eigenvalue weighted by Crippen LogP contribution is -2.45. The summed E-state index contributed by atoms with van der Waals surface area (Å²) in [7, 11) is 0. The molecule has 8 heteroatoms. The van der Waals surface area contributed by atoms with Crippen molar-refractivity contribution in [3.8, 4) is 5.75 Å². The number of amides is 2. The van der Waals surface area contributed by atoms with E-state index in [4.69, 9.17) is 0 Å². The van der Waals surface area contributed by atoms with Gasteiger partial charge in [-0.1, -0.05) is 19.9 Å². The number of ether oxygens (including phenoxy) is 1. The molecule has 5 nitrogen and oxygen atoms in total. The first-order valence-electron chi connectivity index (χ1n) is 7.06. The molecule has 1 atom stereocenters. The van der Waals surface area contributed by atoms with Gasteiger partial charge in [-0.25, -0.2) is 4.79 Å². The third kappa shape index (κ3) is 7.23. The summed E-state index contributed by atoms with van der Waals surface area (Å²) in [4.78, 5) is 11.8. The second kappa shape index (κ2) is 7.54. The summed E-state index contributed by atoms with van der Waals surface area (Å²) in [6.07, 6.45) is -4.43. The van der Waals surface area contributed by atoms with Crippen molar-refractivity contribution in [1.82, 2.24) is 5.32 Å². The van der Waals surface area contributed by atoms with Gasteiger partial charge in [-0.05, 0) is 25.0 Å². The van der Waals surface area contributed by atoms with Gasteiger partial charge in [0.05, 0.1) is 5.60 Å². The number of hydrogen-bond donors (Lipinski definition) is 3. The number of rotatable bonds is 6.